The van der Waals surface area contributed by atoms with E-state index in [9.17, 15) is 20.4 Å². The van der Waals surface area contributed by atoms with Crippen LogP contribution in [0.25, 0.3) is 21.5 Å². The summed E-state index contributed by atoms with van der Waals surface area (Å²) in [6.45, 7) is -0.155. The molecule has 0 saturated heterocycles. The number of rotatable bonds is 8. The fourth-order valence-electron chi connectivity index (χ4n) is 5.00. The summed E-state index contributed by atoms with van der Waals surface area (Å²) in [6, 6.07) is 41.4. The third-order valence-electron chi connectivity index (χ3n) is 7.38. The van der Waals surface area contributed by atoms with Crippen LogP contribution in [0.5, 0.6) is 11.5 Å². The van der Waals surface area contributed by atoms with Crippen LogP contribution in [0.1, 0.15) is 34.3 Å². The number of nitrogens with zero attached hydrogens (tertiary/aromatic N) is 2. The van der Waals surface area contributed by atoms with Gasteiger partial charge in [-0.25, -0.2) is 0 Å². The molecule has 264 valence electrons. The molecular weight excluding hydrogens is 762 g/mol. The van der Waals surface area contributed by atoms with E-state index < -0.39 is 0 Å². The number of benzene rings is 6. The number of phenolic OH excluding ortho intramolecular Hbond substituents is 2. The van der Waals surface area contributed by atoms with Crippen molar-refractivity contribution in [2.24, 2.45) is 9.98 Å². The van der Waals surface area contributed by atoms with E-state index in [4.69, 9.17) is 0 Å². The number of halogens is 2. The molecule has 0 unspecified atom stereocenters. The molecule has 0 bridgehead atoms. The summed E-state index contributed by atoms with van der Waals surface area (Å²) < 4.78 is 0. The van der Waals surface area contributed by atoms with E-state index in [2.05, 4.69) is 60.4 Å². The monoisotopic (exact) mass is 796 g/mol. The van der Waals surface area contributed by atoms with Gasteiger partial charge in [0.15, 0.2) is 0 Å². The van der Waals surface area contributed by atoms with E-state index in [0.717, 1.165) is 32.7 Å². The molecule has 0 aliphatic heterocycles. The Labute approximate surface area is 311 Å². The molecule has 0 fully saturated rings. The molecule has 7 nitrogen and oxygen atoms in total. The molecule has 0 heterocycles. The Morgan fingerprint density at radius 3 is 1.16 bits per heavy atom. The first-order chi connectivity index (χ1) is 23.6. The fraction of sp³-hybridized carbons (Fsp3) is 0.105. The van der Waals surface area contributed by atoms with Crippen molar-refractivity contribution < 1.29 is 56.1 Å². The number of phenols is 2. The zero-order chi connectivity index (χ0) is 34.7. The molecule has 6 N–H and O–H groups in total. The maximum atomic E-state index is 10.1. The molecule has 0 aromatic heterocycles. The van der Waals surface area contributed by atoms with Gasteiger partial charge >= 0.3 is 50.4 Å². The van der Waals surface area contributed by atoms with E-state index in [1.807, 2.05) is 121 Å². The zero-order valence-corrected chi connectivity index (χ0v) is 29.4. The van der Waals surface area contributed by atoms with Gasteiger partial charge in [-0.05, 0) is 44.8 Å². The average Bonchev–Trinajstić information content (AvgIpc) is 3.16. The molecule has 6 rings (SSSR count). The Kier molecular flexibility index (Phi) is 19.3. The van der Waals surface area contributed by atoms with Gasteiger partial charge in [-0.15, -0.1) is 0 Å². The van der Waals surface area contributed by atoms with E-state index in [0.29, 0.717) is 11.1 Å². The molecular formula is C38H36Cl2Cu2N2O5. The van der Waals surface area contributed by atoms with Crippen LogP contribution in [0.15, 0.2) is 143 Å². The number of aromatic hydroxyl groups is 2. The zero-order valence-electron chi connectivity index (χ0n) is 26.0. The summed E-state index contributed by atoms with van der Waals surface area (Å²) in [5.41, 5.74) is 3.24. The second-order valence-corrected chi connectivity index (χ2v) is 10.2. The third-order valence-corrected chi connectivity index (χ3v) is 7.38. The van der Waals surface area contributed by atoms with E-state index in [1.54, 1.807) is 24.6 Å². The fourth-order valence-corrected chi connectivity index (χ4v) is 5.00. The second-order valence-electron chi connectivity index (χ2n) is 10.2. The van der Waals surface area contributed by atoms with Crippen molar-refractivity contribution in [3.63, 3.8) is 0 Å². The summed E-state index contributed by atoms with van der Waals surface area (Å²) in [6.07, 6.45) is 3.29. The Balaban J connectivity index is 0.000000303. The molecule has 0 radical (unpaired) electrons. The van der Waals surface area contributed by atoms with Gasteiger partial charge in [0.25, 0.3) is 0 Å². The van der Waals surface area contributed by atoms with Crippen molar-refractivity contribution in [1.29, 1.82) is 0 Å². The van der Waals surface area contributed by atoms with Crippen molar-refractivity contribution in [1.82, 2.24) is 0 Å². The van der Waals surface area contributed by atoms with Crippen LogP contribution in [0.4, 0.5) is 0 Å². The predicted octanol–water partition coefficient (Wildman–Crippen LogP) is 7.95. The third kappa shape index (κ3) is 11.7. The number of fused-ring (bicyclic) bond motifs is 2. The number of aliphatic hydroxyl groups excluding tert-OH is 2. The molecule has 6 aromatic carbocycles. The molecule has 6 aromatic rings. The van der Waals surface area contributed by atoms with Gasteiger partial charge in [0.1, 0.15) is 11.5 Å². The van der Waals surface area contributed by atoms with Gasteiger partial charge in [-0.2, -0.15) is 0 Å². The van der Waals surface area contributed by atoms with Gasteiger partial charge in [-0.3, -0.25) is 9.98 Å². The predicted molar refractivity (Wildman–Crippen MR) is 194 cm³/mol. The van der Waals surface area contributed by atoms with Crippen LogP contribution >= 0.6 is 20.2 Å². The van der Waals surface area contributed by atoms with E-state index in [1.165, 1.54) is 0 Å². The summed E-state index contributed by atoms with van der Waals surface area (Å²) in [4.78, 5) is 8.92. The van der Waals surface area contributed by atoms with Gasteiger partial charge in [0, 0.05) is 23.6 Å². The first kappa shape index (κ1) is 41.4. The topological polar surface area (TPSA) is 137 Å². The van der Waals surface area contributed by atoms with Crippen molar-refractivity contribution in [2.45, 2.75) is 12.1 Å². The summed E-state index contributed by atoms with van der Waals surface area (Å²) >= 11 is 7.32. The normalized spacial score (nSPS) is 11.8. The number of hydrogen-bond acceptors (Lipinski definition) is 6. The standard InChI is InChI=1S/2C19H17NO2.2ClH.2Cu.H2O/c2*21-13-18(15-7-2-1-3-8-15)20-12-17-16-9-5-4-6-14(16)10-11-19(17)22;;;;;/h2*1-12,18,21-22H,13H2;2*1H;;;1H2/q;;;;2*+1;/p-2/t2*18-;;;;;/m00...../s1. The molecule has 0 saturated carbocycles. The molecule has 0 aliphatic rings. The van der Waals surface area contributed by atoms with Gasteiger partial charge < -0.3 is 25.9 Å². The average molecular weight is 799 g/mol. The quantitative estimate of drug-likeness (QED) is 0.0918. The van der Waals surface area contributed by atoms with Crippen LogP contribution in [0.3, 0.4) is 0 Å². The Hall–Kier alpha value is -3.72. The number of hydrogen-bond donors (Lipinski definition) is 4. The Morgan fingerprint density at radius 2 is 0.816 bits per heavy atom. The second kappa shape index (κ2) is 22.8. The van der Waals surface area contributed by atoms with Crippen LogP contribution in [0.2, 0.25) is 0 Å². The van der Waals surface area contributed by atoms with E-state index >= 15 is 0 Å². The molecule has 2 atom stereocenters. The molecule has 49 heavy (non-hydrogen) atoms. The molecule has 11 heteroatoms. The van der Waals surface area contributed by atoms with Crippen LogP contribution in [0, 0.1) is 0 Å². The van der Waals surface area contributed by atoms with Crippen molar-refractivity contribution in [3.8, 4) is 11.5 Å². The van der Waals surface area contributed by atoms with E-state index in [-0.39, 0.29) is 42.3 Å². The van der Waals surface area contributed by atoms with Crippen molar-refractivity contribution in [2.75, 3.05) is 13.2 Å². The number of aliphatic hydroxyl groups is 2. The molecule has 0 spiro atoms. The minimum atomic E-state index is -0.334. The summed E-state index contributed by atoms with van der Waals surface area (Å²) in [5.74, 6) is 0.374. The Bertz CT molecular complexity index is 1760. The maximum absolute atomic E-state index is 10.1. The molecule has 0 amide bonds. The molecule has 0 aliphatic carbocycles. The Morgan fingerprint density at radius 1 is 0.490 bits per heavy atom. The van der Waals surface area contributed by atoms with Gasteiger partial charge in [-0.1, -0.05) is 121 Å². The van der Waals surface area contributed by atoms with Crippen LogP contribution < -0.4 is 0 Å². The summed E-state index contributed by atoms with van der Waals surface area (Å²) in [7, 11) is 8.40. The van der Waals surface area contributed by atoms with Gasteiger partial charge in [0.05, 0.1) is 25.3 Å². The van der Waals surface area contributed by atoms with Crippen molar-refractivity contribution >= 4 is 54.2 Å². The number of aliphatic imine (C=N–C) groups is 2. The minimum absolute atomic E-state index is 0. The van der Waals surface area contributed by atoms with Crippen LogP contribution in [-0.2, 0) is 30.2 Å². The van der Waals surface area contributed by atoms with Gasteiger partial charge in [0.2, 0.25) is 0 Å². The van der Waals surface area contributed by atoms with Crippen molar-refractivity contribution in [3.05, 3.63) is 156 Å². The first-order valence-corrected chi connectivity index (χ1v) is 17.2. The summed E-state index contributed by atoms with van der Waals surface area (Å²) in [5, 5.41) is 43.3. The SMILES string of the molecule is O.OC[C@H](N=Cc1c(O)ccc2ccccc12)c1ccccc1.OC[C@H](N=Cc1c(O)ccc2ccccc12)c1ccccc1.[Cl][Cu].[Cl][Cu]. The first-order valence-electron chi connectivity index (χ1n) is 14.6. The van der Waals surface area contributed by atoms with Crippen LogP contribution in [-0.4, -0.2) is 51.5 Å².